The van der Waals surface area contributed by atoms with E-state index in [1.807, 2.05) is 19.1 Å². The van der Waals surface area contributed by atoms with Gasteiger partial charge in [0.25, 0.3) is 5.91 Å². The number of carbonyl (C=O) groups excluding carboxylic acids is 1. The van der Waals surface area contributed by atoms with E-state index in [0.29, 0.717) is 42.6 Å². The summed E-state index contributed by atoms with van der Waals surface area (Å²) in [5.74, 6) is 1.68. The van der Waals surface area contributed by atoms with E-state index in [1.165, 1.54) is 0 Å². The van der Waals surface area contributed by atoms with Gasteiger partial charge in [0, 0.05) is 29.5 Å². The zero-order valence-electron chi connectivity index (χ0n) is 17.0. The minimum atomic E-state index is -0.218. The molecule has 0 saturated carbocycles. The highest BCUT2D eigenvalue weighted by Gasteiger charge is 2.13. The predicted octanol–water partition coefficient (Wildman–Crippen LogP) is 4.67. The number of unbranched alkanes of at least 4 members (excludes halogenated alkanes) is 1. The lowest BCUT2D eigenvalue weighted by Crippen LogP contribution is -2.13. The van der Waals surface area contributed by atoms with Gasteiger partial charge in [-0.1, -0.05) is 13.3 Å². The molecule has 1 amide bonds. The van der Waals surface area contributed by atoms with Gasteiger partial charge in [0.2, 0.25) is 0 Å². The number of anilines is 1. The summed E-state index contributed by atoms with van der Waals surface area (Å²) in [6.07, 6.45) is 2.08. The first kappa shape index (κ1) is 21.6. The summed E-state index contributed by atoms with van der Waals surface area (Å²) in [7, 11) is 3.13. The highest BCUT2D eigenvalue weighted by Crippen LogP contribution is 2.30. The van der Waals surface area contributed by atoms with Crippen molar-refractivity contribution in [3.63, 3.8) is 0 Å². The summed E-state index contributed by atoms with van der Waals surface area (Å²) in [5.41, 5.74) is 2.02. The number of nitrogens with one attached hydrogen (secondary N) is 1. The van der Waals surface area contributed by atoms with Crippen LogP contribution in [0.25, 0.3) is 0 Å². The van der Waals surface area contributed by atoms with Gasteiger partial charge in [-0.3, -0.25) is 4.79 Å². The van der Waals surface area contributed by atoms with Crippen LogP contribution in [0.1, 0.15) is 42.6 Å². The van der Waals surface area contributed by atoms with Crippen molar-refractivity contribution in [2.24, 2.45) is 0 Å². The van der Waals surface area contributed by atoms with Gasteiger partial charge in [-0.15, -0.1) is 0 Å². The van der Waals surface area contributed by atoms with Crippen molar-refractivity contribution in [1.82, 2.24) is 0 Å². The summed E-state index contributed by atoms with van der Waals surface area (Å²) in [6.45, 7) is 5.70. The molecule has 0 spiro atoms. The number of ether oxygens (including phenoxy) is 4. The fourth-order valence-electron chi connectivity index (χ4n) is 2.68. The Hall–Kier alpha value is -2.73. The van der Waals surface area contributed by atoms with Gasteiger partial charge < -0.3 is 24.3 Å². The number of hydrogen-bond acceptors (Lipinski definition) is 5. The number of amides is 1. The van der Waals surface area contributed by atoms with Gasteiger partial charge in [-0.05, 0) is 43.7 Å². The van der Waals surface area contributed by atoms with Crippen LogP contribution >= 0.6 is 0 Å². The zero-order valence-corrected chi connectivity index (χ0v) is 17.0. The first-order chi connectivity index (χ1) is 13.6. The molecule has 2 aromatic carbocycles. The van der Waals surface area contributed by atoms with Crippen molar-refractivity contribution in [3.8, 4) is 17.2 Å². The van der Waals surface area contributed by atoms with E-state index >= 15 is 0 Å². The number of carbonyl (C=O) groups is 1. The van der Waals surface area contributed by atoms with E-state index in [4.69, 9.17) is 18.9 Å². The maximum atomic E-state index is 12.7. The summed E-state index contributed by atoms with van der Waals surface area (Å²) in [6, 6.07) is 10.6. The highest BCUT2D eigenvalue weighted by atomic mass is 16.5. The van der Waals surface area contributed by atoms with Gasteiger partial charge in [-0.25, -0.2) is 0 Å². The zero-order chi connectivity index (χ0) is 20.4. The Morgan fingerprint density at radius 1 is 0.964 bits per heavy atom. The average Bonchev–Trinajstić information content (AvgIpc) is 2.72. The second kappa shape index (κ2) is 11.2. The van der Waals surface area contributed by atoms with Crippen LogP contribution in [0, 0.1) is 0 Å². The second-order valence-corrected chi connectivity index (χ2v) is 6.19. The van der Waals surface area contributed by atoms with E-state index < -0.39 is 0 Å². The highest BCUT2D eigenvalue weighted by molar-refractivity contribution is 6.04. The van der Waals surface area contributed by atoms with Gasteiger partial charge >= 0.3 is 0 Å². The average molecular weight is 387 g/mol. The molecular formula is C22H29NO5. The van der Waals surface area contributed by atoms with Crippen LogP contribution in [0.15, 0.2) is 36.4 Å². The van der Waals surface area contributed by atoms with Crippen LogP contribution in [-0.2, 0) is 11.3 Å². The predicted molar refractivity (Wildman–Crippen MR) is 110 cm³/mol. The van der Waals surface area contributed by atoms with E-state index in [1.54, 1.807) is 38.5 Å². The summed E-state index contributed by atoms with van der Waals surface area (Å²) in [5, 5.41) is 2.88. The van der Waals surface area contributed by atoms with Crippen LogP contribution in [-0.4, -0.2) is 33.3 Å². The molecule has 0 atom stereocenters. The normalized spacial score (nSPS) is 10.4. The minimum Gasteiger partial charge on any atom is -0.494 e. The molecule has 6 nitrogen and oxygen atoms in total. The maximum Gasteiger partial charge on any atom is 0.255 e. The Kier molecular flexibility index (Phi) is 8.62. The molecule has 0 unspecified atom stereocenters. The molecule has 0 aliphatic carbocycles. The molecule has 2 rings (SSSR count). The number of benzene rings is 2. The van der Waals surface area contributed by atoms with Crippen molar-refractivity contribution in [2.45, 2.75) is 33.3 Å². The fraction of sp³-hybridized carbons (Fsp3) is 0.409. The smallest absolute Gasteiger partial charge is 0.255 e. The Balaban J connectivity index is 2.15. The molecule has 0 radical (unpaired) electrons. The third-order valence-corrected chi connectivity index (χ3v) is 4.16. The third-order valence-electron chi connectivity index (χ3n) is 4.16. The van der Waals surface area contributed by atoms with Crippen LogP contribution in [0.4, 0.5) is 5.69 Å². The molecule has 0 aromatic heterocycles. The standard InChI is InChI=1S/C22H29NO5/c1-5-7-12-27-15-17-13-16(8-10-19(17)28-6-2)22(24)23-18-9-11-20(25-3)21(14-18)26-4/h8-11,13-14H,5-7,12,15H2,1-4H3,(H,23,24). The van der Waals surface area contributed by atoms with Crippen molar-refractivity contribution >= 4 is 11.6 Å². The van der Waals surface area contributed by atoms with Crippen molar-refractivity contribution < 1.29 is 23.7 Å². The van der Waals surface area contributed by atoms with Crippen molar-refractivity contribution in [3.05, 3.63) is 47.5 Å². The van der Waals surface area contributed by atoms with Crippen LogP contribution in [0.3, 0.4) is 0 Å². The molecule has 0 bridgehead atoms. The third kappa shape index (κ3) is 5.89. The topological polar surface area (TPSA) is 66.0 Å². The number of rotatable bonds is 11. The lowest BCUT2D eigenvalue weighted by atomic mass is 10.1. The molecule has 2 aromatic rings. The van der Waals surface area contributed by atoms with E-state index in [-0.39, 0.29) is 5.91 Å². The molecule has 0 saturated heterocycles. The van der Waals surface area contributed by atoms with Crippen LogP contribution < -0.4 is 19.5 Å². The van der Waals surface area contributed by atoms with Gasteiger partial charge in [-0.2, -0.15) is 0 Å². The quantitative estimate of drug-likeness (QED) is 0.568. The number of hydrogen-bond donors (Lipinski definition) is 1. The number of methoxy groups -OCH3 is 2. The SMILES string of the molecule is CCCCOCc1cc(C(=O)Nc2ccc(OC)c(OC)c2)ccc1OCC. The molecule has 152 valence electrons. The Labute approximate surface area is 166 Å². The molecular weight excluding hydrogens is 358 g/mol. The van der Waals surface area contributed by atoms with Gasteiger partial charge in [0.1, 0.15) is 5.75 Å². The molecule has 28 heavy (non-hydrogen) atoms. The fourth-order valence-corrected chi connectivity index (χ4v) is 2.68. The molecule has 0 fully saturated rings. The molecule has 6 heteroatoms. The van der Waals surface area contributed by atoms with Crippen LogP contribution in [0.2, 0.25) is 0 Å². The molecule has 1 N–H and O–H groups in total. The monoisotopic (exact) mass is 387 g/mol. The van der Waals surface area contributed by atoms with Gasteiger partial charge in [0.05, 0.1) is 27.4 Å². The summed E-state index contributed by atoms with van der Waals surface area (Å²) in [4.78, 5) is 12.7. The minimum absolute atomic E-state index is 0.218. The summed E-state index contributed by atoms with van der Waals surface area (Å²) < 4.78 is 21.9. The van der Waals surface area contributed by atoms with E-state index in [0.717, 1.165) is 24.2 Å². The Morgan fingerprint density at radius 2 is 1.71 bits per heavy atom. The van der Waals surface area contributed by atoms with E-state index in [9.17, 15) is 4.79 Å². The second-order valence-electron chi connectivity index (χ2n) is 6.19. The Morgan fingerprint density at radius 3 is 2.39 bits per heavy atom. The first-order valence-electron chi connectivity index (χ1n) is 9.49. The molecule has 0 aliphatic rings. The lowest BCUT2D eigenvalue weighted by Gasteiger charge is -2.14. The van der Waals surface area contributed by atoms with Crippen LogP contribution in [0.5, 0.6) is 17.2 Å². The van der Waals surface area contributed by atoms with E-state index in [2.05, 4.69) is 12.2 Å². The maximum absolute atomic E-state index is 12.7. The lowest BCUT2D eigenvalue weighted by molar-refractivity contribution is 0.102. The van der Waals surface area contributed by atoms with Crippen molar-refractivity contribution in [2.75, 3.05) is 32.8 Å². The van der Waals surface area contributed by atoms with Gasteiger partial charge in [0.15, 0.2) is 11.5 Å². The van der Waals surface area contributed by atoms with Crippen molar-refractivity contribution in [1.29, 1.82) is 0 Å². The molecule has 0 aliphatic heterocycles. The summed E-state index contributed by atoms with van der Waals surface area (Å²) >= 11 is 0. The molecule has 0 heterocycles. The Bertz CT molecular complexity index is 776. The largest absolute Gasteiger partial charge is 0.494 e. The first-order valence-corrected chi connectivity index (χ1v) is 9.49.